The summed E-state index contributed by atoms with van der Waals surface area (Å²) < 4.78 is 44.7. The minimum atomic E-state index is -3.51. The molecule has 2 heterocycles. The maximum absolute atomic E-state index is 13.5. The van der Waals surface area contributed by atoms with Gasteiger partial charge in [0.25, 0.3) is 5.19 Å². The second-order valence-electron chi connectivity index (χ2n) is 4.70. The zero-order valence-corrected chi connectivity index (χ0v) is 12.6. The summed E-state index contributed by atoms with van der Waals surface area (Å²) in [5, 5.41) is 2.33. The average Bonchev–Trinajstić information content (AvgIpc) is 2.88. The number of aromatic nitrogens is 1. The van der Waals surface area contributed by atoms with Crippen LogP contribution in [0.5, 0.6) is 5.19 Å². The smallest absolute Gasteiger partial charge is 0.273 e. The van der Waals surface area contributed by atoms with E-state index < -0.39 is 15.8 Å². The Balaban J connectivity index is 1.59. The van der Waals surface area contributed by atoms with Gasteiger partial charge < -0.3 is 4.74 Å². The maximum Gasteiger partial charge on any atom is 0.273 e. The van der Waals surface area contributed by atoms with Crippen molar-refractivity contribution in [2.75, 3.05) is 13.1 Å². The Morgan fingerprint density at radius 3 is 2.81 bits per heavy atom. The fourth-order valence-electron chi connectivity index (χ4n) is 2.02. The molecule has 3 rings (SSSR count). The van der Waals surface area contributed by atoms with Crippen LogP contribution in [0.2, 0.25) is 0 Å². The van der Waals surface area contributed by atoms with Crippen LogP contribution in [0.4, 0.5) is 4.39 Å². The minimum Gasteiger partial charge on any atom is -0.464 e. The lowest BCUT2D eigenvalue weighted by molar-refractivity contribution is 0.0758. The molecule has 8 heteroatoms. The molecule has 0 unspecified atom stereocenters. The summed E-state index contributed by atoms with van der Waals surface area (Å²) in [5.41, 5.74) is 0.182. The topological polar surface area (TPSA) is 59.5 Å². The van der Waals surface area contributed by atoms with Crippen LogP contribution in [0.15, 0.2) is 35.8 Å². The molecule has 0 bridgehead atoms. The molecule has 0 aliphatic carbocycles. The van der Waals surface area contributed by atoms with Crippen LogP contribution in [0.3, 0.4) is 0 Å². The summed E-state index contributed by atoms with van der Waals surface area (Å²) in [6.45, 7) is 0.548. The predicted octanol–water partition coefficient (Wildman–Crippen LogP) is 1.88. The summed E-state index contributed by atoms with van der Waals surface area (Å²) in [4.78, 5) is 3.98. The molecule has 1 aliphatic heterocycles. The van der Waals surface area contributed by atoms with Gasteiger partial charge in [0.05, 0.1) is 18.8 Å². The van der Waals surface area contributed by atoms with E-state index in [4.69, 9.17) is 4.74 Å². The van der Waals surface area contributed by atoms with Crippen molar-refractivity contribution in [3.8, 4) is 5.19 Å². The first-order valence-corrected chi connectivity index (χ1v) is 8.81. The molecule has 1 fully saturated rings. The number of thiazole rings is 1. The second-order valence-corrected chi connectivity index (χ2v) is 7.53. The largest absolute Gasteiger partial charge is 0.464 e. The number of hydrogen-bond donors (Lipinski definition) is 0. The number of hydrogen-bond acceptors (Lipinski definition) is 5. The van der Waals surface area contributed by atoms with Crippen molar-refractivity contribution in [2.45, 2.75) is 11.9 Å². The zero-order chi connectivity index (χ0) is 14.9. The van der Waals surface area contributed by atoms with Crippen molar-refractivity contribution in [2.24, 2.45) is 0 Å². The Morgan fingerprint density at radius 2 is 2.14 bits per heavy atom. The Morgan fingerprint density at radius 1 is 1.38 bits per heavy atom. The molecule has 2 aromatic rings. The molecule has 1 saturated heterocycles. The van der Waals surface area contributed by atoms with E-state index in [9.17, 15) is 12.8 Å². The van der Waals surface area contributed by atoms with Gasteiger partial charge in [-0.25, -0.2) is 17.8 Å². The normalized spacial score (nSPS) is 16.6. The second kappa shape index (κ2) is 5.70. The SMILES string of the molecule is O=S(=O)(Cc1ccccc1F)N1CC(Oc2nccs2)C1. The Hall–Kier alpha value is -1.51. The third-order valence-electron chi connectivity index (χ3n) is 3.18. The number of halogens is 1. The fourth-order valence-corrected chi connectivity index (χ4v) is 4.16. The summed E-state index contributed by atoms with van der Waals surface area (Å²) in [5.74, 6) is -0.832. The summed E-state index contributed by atoms with van der Waals surface area (Å²) in [7, 11) is -3.51. The van der Waals surface area contributed by atoms with Gasteiger partial charge in [0, 0.05) is 17.1 Å². The van der Waals surface area contributed by atoms with Crippen molar-refractivity contribution in [1.82, 2.24) is 9.29 Å². The highest BCUT2D eigenvalue weighted by molar-refractivity contribution is 7.88. The maximum atomic E-state index is 13.5. The van der Waals surface area contributed by atoms with E-state index in [0.29, 0.717) is 5.19 Å². The molecule has 0 atom stereocenters. The van der Waals surface area contributed by atoms with Crippen molar-refractivity contribution in [3.05, 3.63) is 47.2 Å². The number of ether oxygens (including phenoxy) is 1. The van der Waals surface area contributed by atoms with Crippen molar-refractivity contribution < 1.29 is 17.5 Å². The van der Waals surface area contributed by atoms with Crippen LogP contribution in [0.1, 0.15) is 5.56 Å². The van der Waals surface area contributed by atoms with E-state index in [1.54, 1.807) is 17.6 Å². The van der Waals surface area contributed by atoms with Gasteiger partial charge >= 0.3 is 0 Å². The minimum absolute atomic E-state index is 0.182. The first-order valence-electron chi connectivity index (χ1n) is 6.32. The quantitative estimate of drug-likeness (QED) is 0.841. The molecule has 5 nitrogen and oxygen atoms in total. The standard InChI is InChI=1S/C13H13FN2O3S2/c14-12-4-2-1-3-10(12)9-21(17,18)16-7-11(8-16)19-13-15-5-6-20-13/h1-6,11H,7-9H2. The number of sulfonamides is 1. The van der Waals surface area contributed by atoms with Crippen LogP contribution in [-0.2, 0) is 15.8 Å². The molecule has 0 N–H and O–H groups in total. The third-order valence-corrected chi connectivity index (χ3v) is 5.60. The van der Waals surface area contributed by atoms with Crippen molar-refractivity contribution >= 4 is 21.4 Å². The molecule has 0 saturated carbocycles. The Bertz CT molecular complexity index is 713. The van der Waals surface area contributed by atoms with E-state index in [1.165, 1.54) is 33.8 Å². The van der Waals surface area contributed by atoms with Gasteiger partial charge in [0.2, 0.25) is 10.0 Å². The Kier molecular flexibility index (Phi) is 3.92. The van der Waals surface area contributed by atoms with Crippen LogP contribution in [0.25, 0.3) is 0 Å². The van der Waals surface area contributed by atoms with Crippen LogP contribution in [-0.4, -0.2) is 36.9 Å². The lowest BCUT2D eigenvalue weighted by Crippen LogP contribution is -2.56. The number of benzene rings is 1. The lowest BCUT2D eigenvalue weighted by Gasteiger charge is -2.37. The number of nitrogens with zero attached hydrogens (tertiary/aromatic N) is 2. The van der Waals surface area contributed by atoms with Gasteiger partial charge in [0.15, 0.2) is 0 Å². The highest BCUT2D eigenvalue weighted by atomic mass is 32.2. The summed E-state index contributed by atoms with van der Waals surface area (Å²) in [6.07, 6.45) is 1.44. The molecule has 0 amide bonds. The van der Waals surface area contributed by atoms with Gasteiger partial charge in [-0.15, -0.1) is 0 Å². The van der Waals surface area contributed by atoms with Crippen LogP contribution >= 0.6 is 11.3 Å². The summed E-state index contributed by atoms with van der Waals surface area (Å²) in [6, 6.07) is 5.90. The van der Waals surface area contributed by atoms with E-state index in [1.807, 2.05) is 0 Å². The van der Waals surface area contributed by atoms with E-state index in [2.05, 4.69) is 4.98 Å². The van der Waals surface area contributed by atoms with Crippen molar-refractivity contribution in [1.29, 1.82) is 0 Å². The van der Waals surface area contributed by atoms with E-state index in [-0.39, 0.29) is 30.5 Å². The highest BCUT2D eigenvalue weighted by Crippen LogP contribution is 2.24. The third kappa shape index (κ3) is 3.22. The van der Waals surface area contributed by atoms with Crippen LogP contribution in [0, 0.1) is 5.82 Å². The molecule has 0 spiro atoms. The van der Waals surface area contributed by atoms with E-state index in [0.717, 1.165) is 0 Å². The average molecular weight is 328 g/mol. The first kappa shape index (κ1) is 14.4. The zero-order valence-electron chi connectivity index (χ0n) is 11.0. The van der Waals surface area contributed by atoms with Gasteiger partial charge in [-0.1, -0.05) is 29.5 Å². The van der Waals surface area contributed by atoms with Gasteiger partial charge in [0.1, 0.15) is 11.9 Å². The first-order chi connectivity index (χ1) is 10.0. The van der Waals surface area contributed by atoms with Gasteiger partial charge in [-0.3, -0.25) is 0 Å². The van der Waals surface area contributed by atoms with Gasteiger partial charge in [-0.2, -0.15) is 4.31 Å². The molecular weight excluding hydrogens is 315 g/mol. The predicted molar refractivity (Wildman–Crippen MR) is 77.1 cm³/mol. The molecule has 1 aromatic carbocycles. The van der Waals surface area contributed by atoms with Crippen molar-refractivity contribution in [3.63, 3.8) is 0 Å². The van der Waals surface area contributed by atoms with E-state index >= 15 is 0 Å². The molecule has 1 aliphatic rings. The fraction of sp³-hybridized carbons (Fsp3) is 0.308. The summed E-state index contributed by atoms with van der Waals surface area (Å²) >= 11 is 1.36. The monoisotopic (exact) mass is 328 g/mol. The molecule has 21 heavy (non-hydrogen) atoms. The Labute approximate surface area is 126 Å². The number of rotatable bonds is 5. The highest BCUT2D eigenvalue weighted by Gasteiger charge is 2.37. The molecule has 112 valence electrons. The molecule has 0 radical (unpaired) electrons. The molecular formula is C13H13FN2O3S2. The molecule has 1 aromatic heterocycles. The van der Waals surface area contributed by atoms with Gasteiger partial charge in [-0.05, 0) is 6.07 Å². The lowest BCUT2D eigenvalue weighted by atomic mass is 10.2. The van der Waals surface area contributed by atoms with Crippen LogP contribution < -0.4 is 4.74 Å².